The number of rotatable bonds is 7. The highest BCUT2D eigenvalue weighted by molar-refractivity contribution is 5.88. The molecule has 2 aromatic carbocycles. The SMILES string of the molecule is CC(C[CH]C(=O)NC(c1ccccc1)c1n[nH]c2ccccc12)C(N)=O. The van der Waals surface area contributed by atoms with Crippen molar-refractivity contribution in [2.45, 2.75) is 19.4 Å². The number of carbonyl (C=O) groups is 2. The van der Waals surface area contributed by atoms with Crippen LogP contribution in [0, 0.1) is 12.3 Å². The largest absolute Gasteiger partial charge is 0.369 e. The van der Waals surface area contributed by atoms with Crippen molar-refractivity contribution >= 4 is 22.7 Å². The molecule has 0 aliphatic carbocycles. The van der Waals surface area contributed by atoms with Crippen LogP contribution in [0.4, 0.5) is 0 Å². The Morgan fingerprint density at radius 1 is 1.15 bits per heavy atom. The molecule has 3 aromatic rings. The third-order valence-electron chi connectivity index (χ3n) is 4.34. The molecule has 6 nitrogen and oxygen atoms in total. The Bertz CT molecular complexity index is 904. The lowest BCUT2D eigenvalue weighted by Crippen LogP contribution is -2.31. The molecule has 2 amide bonds. The molecule has 3 rings (SSSR count). The maximum absolute atomic E-state index is 12.4. The second kappa shape index (κ2) is 7.82. The second-order valence-electron chi connectivity index (χ2n) is 6.25. The summed E-state index contributed by atoms with van der Waals surface area (Å²) in [4.78, 5) is 23.6. The van der Waals surface area contributed by atoms with E-state index in [2.05, 4.69) is 15.5 Å². The highest BCUT2D eigenvalue weighted by Gasteiger charge is 2.22. The maximum atomic E-state index is 12.4. The summed E-state index contributed by atoms with van der Waals surface area (Å²) in [6, 6.07) is 17.0. The van der Waals surface area contributed by atoms with E-state index in [0.29, 0.717) is 6.42 Å². The second-order valence-corrected chi connectivity index (χ2v) is 6.25. The predicted molar refractivity (Wildman–Crippen MR) is 99.8 cm³/mol. The molecule has 0 saturated carbocycles. The zero-order valence-electron chi connectivity index (χ0n) is 14.5. The van der Waals surface area contributed by atoms with Crippen molar-refractivity contribution in [3.63, 3.8) is 0 Å². The molecule has 6 heteroatoms. The van der Waals surface area contributed by atoms with Crippen LogP contribution in [0.2, 0.25) is 0 Å². The van der Waals surface area contributed by atoms with E-state index in [1.807, 2.05) is 54.6 Å². The highest BCUT2D eigenvalue weighted by atomic mass is 16.2. The van der Waals surface area contributed by atoms with Crippen LogP contribution in [0.5, 0.6) is 0 Å². The van der Waals surface area contributed by atoms with Crippen molar-refractivity contribution in [1.29, 1.82) is 0 Å². The predicted octanol–water partition coefficient (Wildman–Crippen LogP) is 2.48. The average Bonchev–Trinajstić information content (AvgIpc) is 3.08. The summed E-state index contributed by atoms with van der Waals surface area (Å²) in [5.41, 5.74) is 7.83. The summed E-state index contributed by atoms with van der Waals surface area (Å²) in [7, 11) is 0. The first kappa shape index (κ1) is 17.7. The molecular weight excluding hydrogens is 328 g/mol. The normalized spacial score (nSPS) is 13.3. The number of hydrogen-bond acceptors (Lipinski definition) is 3. The third kappa shape index (κ3) is 3.91. The number of aromatic amines is 1. The van der Waals surface area contributed by atoms with Crippen molar-refractivity contribution in [1.82, 2.24) is 15.5 Å². The molecule has 26 heavy (non-hydrogen) atoms. The molecule has 2 unspecified atom stereocenters. The van der Waals surface area contributed by atoms with Gasteiger partial charge >= 0.3 is 0 Å². The summed E-state index contributed by atoms with van der Waals surface area (Å²) in [6.45, 7) is 1.70. The molecule has 4 N–H and O–H groups in total. The number of nitrogens with one attached hydrogen (secondary N) is 2. The van der Waals surface area contributed by atoms with Gasteiger partial charge in [-0.1, -0.05) is 55.5 Å². The minimum atomic E-state index is -0.424. The number of amides is 2. The summed E-state index contributed by atoms with van der Waals surface area (Å²) in [5.74, 6) is -1.08. The van der Waals surface area contributed by atoms with E-state index in [0.717, 1.165) is 22.2 Å². The topological polar surface area (TPSA) is 101 Å². The molecule has 1 heterocycles. The van der Waals surface area contributed by atoms with Crippen molar-refractivity contribution in [3.05, 3.63) is 72.3 Å². The van der Waals surface area contributed by atoms with Gasteiger partial charge in [-0.05, 0) is 18.1 Å². The quantitative estimate of drug-likeness (QED) is 0.611. The van der Waals surface area contributed by atoms with Gasteiger partial charge in [-0.2, -0.15) is 5.10 Å². The van der Waals surface area contributed by atoms with Gasteiger partial charge in [0.05, 0.1) is 23.7 Å². The third-order valence-corrected chi connectivity index (χ3v) is 4.34. The number of carbonyl (C=O) groups excluding carboxylic acids is 2. The zero-order chi connectivity index (χ0) is 18.5. The fraction of sp³-hybridized carbons (Fsp3) is 0.200. The zero-order valence-corrected chi connectivity index (χ0v) is 14.5. The van der Waals surface area contributed by atoms with Crippen LogP contribution in [0.3, 0.4) is 0 Å². The first-order valence-corrected chi connectivity index (χ1v) is 8.47. The number of nitrogens with two attached hydrogens (primary N) is 1. The van der Waals surface area contributed by atoms with Gasteiger partial charge in [-0.3, -0.25) is 14.7 Å². The Labute approximate surface area is 151 Å². The minimum absolute atomic E-state index is 0.265. The fourth-order valence-corrected chi connectivity index (χ4v) is 2.76. The van der Waals surface area contributed by atoms with Gasteiger partial charge < -0.3 is 11.1 Å². The van der Waals surface area contributed by atoms with E-state index in [9.17, 15) is 9.59 Å². The van der Waals surface area contributed by atoms with Gasteiger partial charge in [0.2, 0.25) is 11.8 Å². The molecular formula is C20H21N4O2. The molecule has 2 atom stereocenters. The summed E-state index contributed by atoms with van der Waals surface area (Å²) in [5, 5.41) is 11.4. The molecule has 1 radical (unpaired) electrons. The summed E-state index contributed by atoms with van der Waals surface area (Å²) in [6.07, 6.45) is 1.75. The van der Waals surface area contributed by atoms with E-state index < -0.39 is 11.9 Å². The number of H-pyrrole nitrogens is 1. The lowest BCUT2D eigenvalue weighted by molar-refractivity contribution is -0.121. The van der Waals surface area contributed by atoms with Crippen LogP contribution >= 0.6 is 0 Å². The molecule has 0 spiro atoms. The van der Waals surface area contributed by atoms with Crippen LogP contribution in [-0.2, 0) is 9.59 Å². The van der Waals surface area contributed by atoms with E-state index in [-0.39, 0.29) is 11.8 Å². The van der Waals surface area contributed by atoms with Gasteiger partial charge in [-0.25, -0.2) is 0 Å². The number of aromatic nitrogens is 2. The Morgan fingerprint density at radius 3 is 2.58 bits per heavy atom. The van der Waals surface area contributed by atoms with E-state index >= 15 is 0 Å². The molecule has 0 bridgehead atoms. The maximum Gasteiger partial charge on any atom is 0.224 e. The van der Waals surface area contributed by atoms with E-state index in [1.165, 1.54) is 6.42 Å². The number of nitrogens with zero attached hydrogens (tertiary/aromatic N) is 1. The Kier molecular flexibility index (Phi) is 5.31. The van der Waals surface area contributed by atoms with Crippen molar-refractivity contribution < 1.29 is 9.59 Å². The van der Waals surface area contributed by atoms with Crippen LogP contribution in [0.25, 0.3) is 10.9 Å². The van der Waals surface area contributed by atoms with E-state index in [4.69, 9.17) is 5.73 Å². The Balaban J connectivity index is 1.85. The van der Waals surface area contributed by atoms with Crippen molar-refractivity contribution in [2.75, 3.05) is 0 Å². The van der Waals surface area contributed by atoms with Gasteiger partial charge in [0.15, 0.2) is 0 Å². The fourth-order valence-electron chi connectivity index (χ4n) is 2.76. The number of benzene rings is 2. The van der Waals surface area contributed by atoms with Crippen LogP contribution in [-0.4, -0.2) is 22.0 Å². The van der Waals surface area contributed by atoms with Crippen LogP contribution in [0.15, 0.2) is 54.6 Å². The minimum Gasteiger partial charge on any atom is -0.369 e. The van der Waals surface area contributed by atoms with Crippen LogP contribution in [0.1, 0.15) is 30.6 Å². The first-order valence-electron chi connectivity index (χ1n) is 8.47. The van der Waals surface area contributed by atoms with E-state index in [1.54, 1.807) is 6.92 Å². The number of hydrogen-bond donors (Lipinski definition) is 3. The monoisotopic (exact) mass is 349 g/mol. The van der Waals surface area contributed by atoms with Crippen molar-refractivity contribution in [2.24, 2.45) is 11.7 Å². The van der Waals surface area contributed by atoms with Gasteiger partial charge in [-0.15, -0.1) is 0 Å². The smallest absolute Gasteiger partial charge is 0.224 e. The van der Waals surface area contributed by atoms with Crippen molar-refractivity contribution in [3.8, 4) is 0 Å². The summed E-state index contributed by atoms with van der Waals surface area (Å²) < 4.78 is 0. The highest BCUT2D eigenvalue weighted by Crippen LogP contribution is 2.27. The van der Waals surface area contributed by atoms with Gasteiger partial charge in [0.1, 0.15) is 0 Å². The lowest BCUT2D eigenvalue weighted by atomic mass is 10.00. The number of para-hydroxylation sites is 1. The number of primary amides is 1. The molecule has 0 aliphatic rings. The first-order chi connectivity index (χ1) is 12.6. The molecule has 133 valence electrons. The molecule has 0 saturated heterocycles. The number of fused-ring (bicyclic) bond motifs is 1. The molecule has 0 aliphatic heterocycles. The van der Waals surface area contributed by atoms with Crippen LogP contribution < -0.4 is 11.1 Å². The average molecular weight is 349 g/mol. The Morgan fingerprint density at radius 2 is 1.85 bits per heavy atom. The molecule has 1 aromatic heterocycles. The standard InChI is InChI=1S/C20H21N4O2/c1-13(20(21)26)11-12-17(25)22-18(14-7-3-2-4-8-14)19-15-9-5-6-10-16(15)23-24-19/h2-10,12-13,18H,11H2,1H3,(H2,21,26)(H,22,25)(H,23,24). The summed E-state index contributed by atoms with van der Waals surface area (Å²) >= 11 is 0. The molecule has 0 fully saturated rings. The lowest BCUT2D eigenvalue weighted by Gasteiger charge is -2.18. The van der Waals surface area contributed by atoms with Gasteiger partial charge in [0.25, 0.3) is 0 Å². The Hall–Kier alpha value is -3.15. The van der Waals surface area contributed by atoms with Gasteiger partial charge in [0, 0.05) is 11.3 Å².